The normalized spacial score (nSPS) is 29.9. The molecule has 0 radical (unpaired) electrons. The number of ether oxygens (including phenoxy) is 3. The van der Waals surface area contributed by atoms with Gasteiger partial charge in [-0.2, -0.15) is 0 Å². The van der Waals surface area contributed by atoms with E-state index in [4.69, 9.17) is 14.2 Å². The van der Waals surface area contributed by atoms with Crippen LogP contribution in [0.15, 0.2) is 78.9 Å². The molecule has 4 aliphatic rings. The average Bonchev–Trinajstić information content (AvgIpc) is 3.47. The summed E-state index contributed by atoms with van der Waals surface area (Å²) in [4.78, 5) is 59.2. The molecule has 6 rings (SSSR count). The first-order chi connectivity index (χ1) is 22.9. The quantitative estimate of drug-likeness (QED) is 0.255. The molecule has 6 atom stereocenters. The summed E-state index contributed by atoms with van der Waals surface area (Å²) in [6.07, 6.45) is 8.69. The molecule has 2 aromatic carbocycles. The second-order valence-electron chi connectivity index (χ2n) is 12.3. The van der Waals surface area contributed by atoms with Gasteiger partial charge in [-0.05, 0) is 55.5 Å². The summed E-state index contributed by atoms with van der Waals surface area (Å²) in [7, 11) is 1.57. The maximum atomic E-state index is 14.6. The number of aliphatic hydroxyl groups is 1. The summed E-state index contributed by atoms with van der Waals surface area (Å²) in [6.45, 7) is 0.501. The predicted molar refractivity (Wildman–Crippen MR) is 172 cm³/mol. The van der Waals surface area contributed by atoms with Crippen molar-refractivity contribution in [1.82, 2.24) is 10.2 Å². The monoisotopic (exact) mass is 643 g/mol. The van der Waals surface area contributed by atoms with E-state index < -0.39 is 41.5 Å². The number of fused-ring (bicyclic) bond motifs is 2. The van der Waals surface area contributed by atoms with Crippen molar-refractivity contribution in [3.05, 3.63) is 84.5 Å². The standard InChI is InChI=1S/C36H41N3O8/c1-45-26-17-15-25(16-18-26)38-21-10-19-36-31(34(43)39(32(36)35(38)44)20-8-3-9-22-40)30-28(47-36)13-6-7-14-29(41)46-23-27(37-33(30)42)24-11-4-2-5-12-24/h2,4-6,10-13,15-19,27-28,30-32,40H,3,7-9,14,20-23H2,1H3,(H,37,42)/b13-6-/t27-,28+,30-,31-,32+,36-/m0/s1. The molecule has 2 fully saturated rings. The molecule has 1 spiro atoms. The number of carbonyl (C=O) groups is 4. The number of hydrogen-bond donors (Lipinski definition) is 2. The molecule has 11 nitrogen and oxygen atoms in total. The molecule has 0 aromatic heterocycles. The lowest BCUT2D eigenvalue weighted by Gasteiger charge is -2.35. The Hall–Kier alpha value is -4.48. The van der Waals surface area contributed by atoms with Crippen LogP contribution in [-0.2, 0) is 28.7 Å². The predicted octanol–water partition coefficient (Wildman–Crippen LogP) is 3.09. The average molecular weight is 644 g/mol. The Bertz CT molecular complexity index is 1530. The molecule has 0 aliphatic carbocycles. The minimum absolute atomic E-state index is 0.0358. The van der Waals surface area contributed by atoms with Gasteiger partial charge in [0.1, 0.15) is 24.0 Å². The Morgan fingerprint density at radius 3 is 2.51 bits per heavy atom. The number of carbonyl (C=O) groups excluding carboxylic acids is 4. The first-order valence-corrected chi connectivity index (χ1v) is 16.3. The second-order valence-corrected chi connectivity index (χ2v) is 12.3. The molecule has 3 amide bonds. The van der Waals surface area contributed by atoms with Crippen LogP contribution in [0.25, 0.3) is 0 Å². The topological polar surface area (TPSA) is 135 Å². The van der Waals surface area contributed by atoms with E-state index in [1.807, 2.05) is 42.5 Å². The van der Waals surface area contributed by atoms with Crippen molar-refractivity contribution in [3.8, 4) is 5.75 Å². The lowest BCUT2D eigenvalue weighted by Crippen LogP contribution is -2.55. The molecule has 4 heterocycles. The minimum Gasteiger partial charge on any atom is -0.497 e. The number of methoxy groups -OCH3 is 1. The number of hydrogen-bond acceptors (Lipinski definition) is 8. The Labute approximate surface area is 274 Å². The Morgan fingerprint density at radius 2 is 1.77 bits per heavy atom. The van der Waals surface area contributed by atoms with Crippen molar-refractivity contribution < 1.29 is 38.5 Å². The van der Waals surface area contributed by atoms with Crippen LogP contribution in [-0.4, -0.2) is 84.9 Å². The molecule has 0 bridgehead atoms. The third kappa shape index (κ3) is 6.29. The number of likely N-dealkylation sites (tertiary alicyclic amines) is 1. The Morgan fingerprint density at radius 1 is 0.979 bits per heavy atom. The molecule has 2 aromatic rings. The van der Waals surface area contributed by atoms with Gasteiger partial charge in [0.15, 0.2) is 0 Å². The van der Waals surface area contributed by atoms with Gasteiger partial charge in [-0.25, -0.2) is 0 Å². The third-order valence-corrected chi connectivity index (χ3v) is 9.51. The number of rotatable bonds is 8. The van der Waals surface area contributed by atoms with E-state index in [9.17, 15) is 24.3 Å². The number of nitrogens with one attached hydrogen (secondary N) is 1. The first kappa shape index (κ1) is 32.5. The fourth-order valence-corrected chi connectivity index (χ4v) is 7.24. The van der Waals surface area contributed by atoms with E-state index in [0.29, 0.717) is 37.1 Å². The van der Waals surface area contributed by atoms with Gasteiger partial charge in [-0.15, -0.1) is 0 Å². The zero-order valence-electron chi connectivity index (χ0n) is 26.5. The fourth-order valence-electron chi connectivity index (χ4n) is 7.24. The Balaban J connectivity index is 1.40. The molecule has 2 saturated heterocycles. The van der Waals surface area contributed by atoms with Gasteiger partial charge in [0.25, 0.3) is 5.91 Å². The van der Waals surface area contributed by atoms with Gasteiger partial charge in [0.05, 0.1) is 31.1 Å². The van der Waals surface area contributed by atoms with Gasteiger partial charge in [0, 0.05) is 31.8 Å². The van der Waals surface area contributed by atoms with E-state index >= 15 is 0 Å². The number of benzene rings is 2. The van der Waals surface area contributed by atoms with Crippen molar-refractivity contribution in [1.29, 1.82) is 0 Å². The number of unbranched alkanes of at least 4 members (excludes halogenated alkanes) is 2. The number of aliphatic hydroxyl groups excluding tert-OH is 1. The molecule has 4 aliphatic heterocycles. The summed E-state index contributed by atoms with van der Waals surface area (Å²) < 4.78 is 17.6. The molecule has 11 heteroatoms. The van der Waals surface area contributed by atoms with E-state index in [1.165, 1.54) is 0 Å². The SMILES string of the molecule is COc1ccc(N2CC=C[C@]34O[C@@H]5/C=C\CCC(=O)OC[C@@H](c6ccccc6)NC(=O)[C@@H]5[C@H]3C(=O)N(CCCCCO)[C@@H]4C2=O)cc1. The van der Waals surface area contributed by atoms with Crippen molar-refractivity contribution in [3.63, 3.8) is 0 Å². The van der Waals surface area contributed by atoms with Crippen molar-refractivity contribution in [2.24, 2.45) is 11.8 Å². The smallest absolute Gasteiger partial charge is 0.306 e. The zero-order valence-corrected chi connectivity index (χ0v) is 26.5. The highest BCUT2D eigenvalue weighted by atomic mass is 16.5. The van der Waals surface area contributed by atoms with Gasteiger partial charge in [-0.3, -0.25) is 19.2 Å². The lowest BCUT2D eigenvalue weighted by atomic mass is 9.77. The van der Waals surface area contributed by atoms with Gasteiger partial charge >= 0.3 is 5.97 Å². The third-order valence-electron chi connectivity index (χ3n) is 9.51. The Kier molecular flexibility index (Phi) is 9.74. The molecule has 2 N–H and O–H groups in total. The molecule has 0 saturated carbocycles. The number of nitrogens with zero attached hydrogens (tertiary/aromatic N) is 2. The van der Waals surface area contributed by atoms with Crippen LogP contribution in [0.4, 0.5) is 5.69 Å². The van der Waals surface area contributed by atoms with Gasteiger partial charge in [-0.1, -0.05) is 54.6 Å². The van der Waals surface area contributed by atoms with E-state index in [1.54, 1.807) is 53.3 Å². The van der Waals surface area contributed by atoms with E-state index in [-0.39, 0.29) is 50.5 Å². The molecular weight excluding hydrogens is 602 g/mol. The van der Waals surface area contributed by atoms with E-state index in [2.05, 4.69) is 5.32 Å². The number of amides is 3. The van der Waals surface area contributed by atoms with E-state index in [0.717, 1.165) is 5.56 Å². The highest BCUT2D eigenvalue weighted by molar-refractivity contribution is 6.05. The minimum atomic E-state index is -1.40. The molecule has 0 unspecified atom stereocenters. The fraction of sp³-hybridized carbons (Fsp3) is 0.444. The number of allylic oxidation sites excluding steroid dienone is 1. The maximum Gasteiger partial charge on any atom is 0.306 e. The van der Waals surface area contributed by atoms with Crippen LogP contribution in [0, 0.1) is 11.8 Å². The van der Waals surface area contributed by atoms with Crippen LogP contribution < -0.4 is 15.0 Å². The highest BCUT2D eigenvalue weighted by Crippen LogP contribution is 2.53. The zero-order chi connectivity index (χ0) is 33.0. The van der Waals surface area contributed by atoms with Crippen molar-refractivity contribution in [2.75, 3.05) is 38.3 Å². The van der Waals surface area contributed by atoms with Crippen LogP contribution in [0.1, 0.15) is 43.7 Å². The summed E-state index contributed by atoms with van der Waals surface area (Å²) >= 11 is 0. The second kappa shape index (κ2) is 14.1. The van der Waals surface area contributed by atoms with Gasteiger partial charge < -0.3 is 34.4 Å². The first-order valence-electron chi connectivity index (χ1n) is 16.3. The van der Waals surface area contributed by atoms with Crippen molar-refractivity contribution >= 4 is 29.4 Å². The number of anilines is 1. The van der Waals surface area contributed by atoms with Gasteiger partial charge in [0.2, 0.25) is 11.8 Å². The maximum absolute atomic E-state index is 14.6. The summed E-state index contributed by atoms with van der Waals surface area (Å²) in [5, 5.41) is 12.4. The highest BCUT2D eigenvalue weighted by Gasteiger charge is 2.71. The molecular formula is C36H41N3O8. The van der Waals surface area contributed by atoms with Crippen molar-refractivity contribution in [2.45, 2.75) is 55.9 Å². The van der Waals surface area contributed by atoms with Crippen LogP contribution >= 0.6 is 0 Å². The van der Waals surface area contributed by atoms with Crippen LogP contribution in [0.5, 0.6) is 5.75 Å². The number of esters is 1. The van der Waals surface area contributed by atoms with Crippen LogP contribution in [0.2, 0.25) is 0 Å². The lowest BCUT2D eigenvalue weighted by molar-refractivity contribution is -0.146. The largest absolute Gasteiger partial charge is 0.497 e. The summed E-state index contributed by atoms with van der Waals surface area (Å²) in [5.74, 6) is -2.70. The molecule has 248 valence electrons. The number of cyclic esters (lactones) is 1. The summed E-state index contributed by atoms with van der Waals surface area (Å²) in [6, 6.07) is 14.7. The molecule has 47 heavy (non-hydrogen) atoms. The summed E-state index contributed by atoms with van der Waals surface area (Å²) in [5.41, 5.74) is -0.00338. The van der Waals surface area contributed by atoms with Crippen LogP contribution in [0.3, 0.4) is 0 Å².